The summed E-state index contributed by atoms with van der Waals surface area (Å²) in [4.78, 5) is 24.6. The molecule has 0 bridgehead atoms. The van der Waals surface area contributed by atoms with Crippen LogP contribution in [0.25, 0.3) is 0 Å². The van der Waals surface area contributed by atoms with Gasteiger partial charge in [-0.15, -0.1) is 0 Å². The highest BCUT2D eigenvalue weighted by Gasteiger charge is 2.24. The molecule has 4 heteroatoms. The molecule has 0 aromatic heterocycles. The van der Waals surface area contributed by atoms with Gasteiger partial charge >= 0.3 is 0 Å². The Morgan fingerprint density at radius 2 is 2.00 bits per heavy atom. The van der Waals surface area contributed by atoms with Crippen LogP contribution < -0.4 is 4.74 Å². The van der Waals surface area contributed by atoms with Crippen LogP contribution in [0.3, 0.4) is 0 Å². The predicted molar refractivity (Wildman–Crippen MR) is 58.5 cm³/mol. The molecule has 0 N–H and O–H groups in total. The molecular weight excluding hydrogens is 206 g/mol. The molecule has 84 valence electrons. The highest BCUT2D eigenvalue weighted by molar-refractivity contribution is 5.98. The molecule has 4 nitrogen and oxygen atoms in total. The predicted octanol–water partition coefficient (Wildman–Crippen LogP) is 1.11. The number of ketones is 1. The second-order valence-corrected chi connectivity index (χ2v) is 3.74. The number of nitrogens with zero attached hydrogens (tertiary/aromatic N) is 1. The summed E-state index contributed by atoms with van der Waals surface area (Å²) >= 11 is 0. The van der Waals surface area contributed by atoms with E-state index in [1.165, 1.54) is 0 Å². The summed E-state index contributed by atoms with van der Waals surface area (Å²) in [7, 11) is 1.58. The van der Waals surface area contributed by atoms with Gasteiger partial charge in [-0.2, -0.15) is 0 Å². The van der Waals surface area contributed by atoms with Gasteiger partial charge in [0.15, 0.2) is 5.78 Å². The zero-order valence-electron chi connectivity index (χ0n) is 9.10. The number of hydrogen-bond acceptors (Lipinski definition) is 3. The van der Waals surface area contributed by atoms with Crippen molar-refractivity contribution in [3.8, 4) is 5.75 Å². The van der Waals surface area contributed by atoms with Crippen molar-refractivity contribution in [2.24, 2.45) is 0 Å². The molecule has 1 fully saturated rings. The van der Waals surface area contributed by atoms with Crippen LogP contribution in [-0.4, -0.2) is 36.8 Å². The van der Waals surface area contributed by atoms with Crippen LogP contribution in [0, 0.1) is 0 Å². The van der Waals surface area contributed by atoms with Crippen LogP contribution in [0.4, 0.5) is 0 Å². The summed E-state index contributed by atoms with van der Waals surface area (Å²) in [5.74, 6) is 0.754. The van der Waals surface area contributed by atoms with Gasteiger partial charge in [0, 0.05) is 18.5 Å². The smallest absolute Gasteiger partial charge is 0.254 e. The van der Waals surface area contributed by atoms with Gasteiger partial charge in [-0.1, -0.05) is 0 Å². The number of carbonyl (C=O) groups excluding carboxylic acids is 2. The lowest BCUT2D eigenvalue weighted by molar-refractivity contribution is -0.116. The molecule has 1 aromatic carbocycles. The maximum Gasteiger partial charge on any atom is 0.254 e. The Balaban J connectivity index is 2.11. The number of benzene rings is 1. The molecule has 1 amide bonds. The number of amides is 1. The minimum absolute atomic E-state index is 0.0893. The maximum absolute atomic E-state index is 11.9. The van der Waals surface area contributed by atoms with Crippen molar-refractivity contribution in [1.29, 1.82) is 0 Å². The monoisotopic (exact) mass is 219 g/mol. The Kier molecular flexibility index (Phi) is 2.90. The van der Waals surface area contributed by atoms with Gasteiger partial charge in [-0.3, -0.25) is 9.59 Å². The quantitative estimate of drug-likeness (QED) is 0.748. The number of hydrogen-bond donors (Lipinski definition) is 0. The minimum atomic E-state index is -0.0893. The van der Waals surface area contributed by atoms with Gasteiger partial charge in [0.05, 0.1) is 13.7 Å². The second kappa shape index (κ2) is 4.35. The van der Waals surface area contributed by atoms with Crippen molar-refractivity contribution in [3.05, 3.63) is 29.8 Å². The van der Waals surface area contributed by atoms with Crippen LogP contribution in [0.1, 0.15) is 16.8 Å². The number of carbonyl (C=O) groups is 2. The molecule has 0 atom stereocenters. The molecule has 0 saturated carbocycles. The summed E-state index contributed by atoms with van der Waals surface area (Å²) < 4.78 is 5.01. The first kappa shape index (κ1) is 10.7. The van der Waals surface area contributed by atoms with E-state index < -0.39 is 0 Å². The Labute approximate surface area is 93.8 Å². The molecule has 0 aliphatic carbocycles. The topological polar surface area (TPSA) is 46.6 Å². The summed E-state index contributed by atoms with van der Waals surface area (Å²) in [5, 5.41) is 0. The van der Waals surface area contributed by atoms with Crippen molar-refractivity contribution < 1.29 is 14.3 Å². The van der Waals surface area contributed by atoms with Gasteiger partial charge in [-0.05, 0) is 24.3 Å². The van der Waals surface area contributed by atoms with Crippen LogP contribution >= 0.6 is 0 Å². The third-order valence-corrected chi connectivity index (χ3v) is 2.65. The van der Waals surface area contributed by atoms with Gasteiger partial charge < -0.3 is 9.64 Å². The normalized spacial score (nSPS) is 15.3. The van der Waals surface area contributed by atoms with Crippen molar-refractivity contribution in [2.75, 3.05) is 20.2 Å². The summed E-state index contributed by atoms with van der Waals surface area (Å²) in [6.07, 6.45) is 0.474. The largest absolute Gasteiger partial charge is 0.497 e. The number of Topliss-reactive ketones (excluding diaryl/α,β-unsaturated/α-hetero) is 1. The lowest BCUT2D eigenvalue weighted by Gasteiger charge is -2.14. The zero-order valence-corrected chi connectivity index (χ0v) is 9.10. The third-order valence-electron chi connectivity index (χ3n) is 2.65. The number of rotatable bonds is 2. The van der Waals surface area contributed by atoms with Crippen LogP contribution in [-0.2, 0) is 4.79 Å². The third kappa shape index (κ3) is 2.05. The molecule has 0 spiro atoms. The SMILES string of the molecule is COc1ccc(C(=O)N2CCC(=O)C2)cc1. The summed E-state index contributed by atoms with van der Waals surface area (Å²) in [6.45, 7) is 0.772. The molecule has 1 aliphatic rings. The van der Waals surface area contributed by atoms with Crippen LogP contribution in [0.15, 0.2) is 24.3 Å². The standard InChI is InChI=1S/C12H13NO3/c1-16-11-4-2-9(3-5-11)12(15)13-7-6-10(14)8-13/h2-5H,6-8H2,1H3. The van der Waals surface area contributed by atoms with E-state index in [9.17, 15) is 9.59 Å². The molecular formula is C12H13NO3. The van der Waals surface area contributed by atoms with Crippen molar-refractivity contribution >= 4 is 11.7 Å². The molecule has 1 aliphatic heterocycles. The summed E-state index contributed by atoms with van der Waals surface area (Å²) in [6, 6.07) is 6.91. The fourth-order valence-corrected chi connectivity index (χ4v) is 1.72. The van der Waals surface area contributed by atoms with E-state index in [4.69, 9.17) is 4.74 Å². The highest BCUT2D eigenvalue weighted by Crippen LogP contribution is 2.15. The lowest BCUT2D eigenvalue weighted by Crippen LogP contribution is -2.28. The first-order valence-corrected chi connectivity index (χ1v) is 5.16. The van der Waals surface area contributed by atoms with Gasteiger partial charge in [0.2, 0.25) is 0 Å². The first-order chi connectivity index (χ1) is 7.70. The lowest BCUT2D eigenvalue weighted by atomic mass is 10.2. The Morgan fingerprint density at radius 3 is 2.50 bits per heavy atom. The molecule has 1 saturated heterocycles. The fourth-order valence-electron chi connectivity index (χ4n) is 1.72. The number of likely N-dealkylation sites (tertiary alicyclic amines) is 1. The van der Waals surface area contributed by atoms with Gasteiger partial charge in [0.1, 0.15) is 5.75 Å². The minimum Gasteiger partial charge on any atom is -0.497 e. The van der Waals surface area contributed by atoms with E-state index in [0.29, 0.717) is 24.3 Å². The molecule has 0 unspecified atom stereocenters. The molecule has 1 heterocycles. The average Bonchev–Trinajstić information content (AvgIpc) is 2.75. The first-order valence-electron chi connectivity index (χ1n) is 5.16. The van der Waals surface area contributed by atoms with Crippen molar-refractivity contribution in [2.45, 2.75) is 6.42 Å². The van der Waals surface area contributed by atoms with E-state index >= 15 is 0 Å². The summed E-state index contributed by atoms with van der Waals surface area (Å²) in [5.41, 5.74) is 0.593. The van der Waals surface area contributed by atoms with E-state index in [2.05, 4.69) is 0 Å². The van der Waals surface area contributed by atoms with Gasteiger partial charge in [0.25, 0.3) is 5.91 Å². The Hall–Kier alpha value is -1.84. The van der Waals surface area contributed by atoms with Crippen LogP contribution in [0.5, 0.6) is 5.75 Å². The van der Waals surface area contributed by atoms with Gasteiger partial charge in [-0.25, -0.2) is 0 Å². The number of ether oxygens (including phenoxy) is 1. The second-order valence-electron chi connectivity index (χ2n) is 3.74. The van der Waals surface area contributed by atoms with E-state index in [1.54, 1.807) is 36.3 Å². The highest BCUT2D eigenvalue weighted by atomic mass is 16.5. The van der Waals surface area contributed by atoms with E-state index in [0.717, 1.165) is 0 Å². The van der Waals surface area contributed by atoms with Crippen LogP contribution in [0.2, 0.25) is 0 Å². The maximum atomic E-state index is 11.9. The zero-order chi connectivity index (χ0) is 11.5. The average molecular weight is 219 g/mol. The van der Waals surface area contributed by atoms with Crippen molar-refractivity contribution in [3.63, 3.8) is 0 Å². The fraction of sp³-hybridized carbons (Fsp3) is 0.333. The molecule has 0 radical (unpaired) electrons. The molecule has 16 heavy (non-hydrogen) atoms. The molecule has 2 rings (SSSR count). The number of methoxy groups -OCH3 is 1. The van der Waals surface area contributed by atoms with E-state index in [1.807, 2.05) is 0 Å². The van der Waals surface area contributed by atoms with Crippen molar-refractivity contribution in [1.82, 2.24) is 4.90 Å². The Morgan fingerprint density at radius 1 is 1.31 bits per heavy atom. The molecule has 1 aromatic rings. The van der Waals surface area contributed by atoms with E-state index in [-0.39, 0.29) is 18.2 Å². The Bertz CT molecular complexity index is 411.